The number of hydrogen-bond donors (Lipinski definition) is 1. The van der Waals surface area contributed by atoms with Crippen LogP contribution in [0.5, 0.6) is 0 Å². The molecule has 1 N–H and O–H groups in total. The minimum atomic E-state index is -0.464. The predicted octanol–water partition coefficient (Wildman–Crippen LogP) is 0.907. The van der Waals surface area contributed by atoms with Gasteiger partial charge in [-0.15, -0.1) is 0 Å². The van der Waals surface area contributed by atoms with Gasteiger partial charge in [0, 0.05) is 0 Å². The van der Waals surface area contributed by atoms with Crippen molar-refractivity contribution in [2.45, 2.75) is 26.3 Å². The molecule has 0 saturated carbocycles. The first kappa shape index (κ1) is 10.6. The van der Waals surface area contributed by atoms with Gasteiger partial charge in [-0.2, -0.15) is 0 Å². The van der Waals surface area contributed by atoms with Crippen LogP contribution in [-0.4, -0.2) is 26.2 Å². The Bertz CT molecular complexity index is 333. The Morgan fingerprint density at radius 1 is 1.71 bits per heavy atom. The number of aliphatic hydroxyl groups excluding tert-OH is 1. The van der Waals surface area contributed by atoms with Gasteiger partial charge in [-0.05, 0) is 18.8 Å². The third-order valence-electron chi connectivity index (χ3n) is 1.89. The monoisotopic (exact) mass is 199 g/mol. The summed E-state index contributed by atoms with van der Waals surface area (Å²) >= 11 is 0. The number of aromatic nitrogens is 2. The Morgan fingerprint density at radius 2 is 2.36 bits per heavy atom. The largest absolute Gasteiger partial charge is 0.396 e. The number of rotatable bonds is 4. The Labute approximate surface area is 81.3 Å². The molecule has 0 radical (unpaired) electrons. The van der Waals surface area contributed by atoms with E-state index in [2.05, 4.69) is 4.98 Å². The summed E-state index contributed by atoms with van der Waals surface area (Å²) in [5.74, 6) is 0.526. The van der Waals surface area contributed by atoms with Gasteiger partial charge in [0.15, 0.2) is 5.82 Å². The summed E-state index contributed by atoms with van der Waals surface area (Å²) in [7, 11) is 0. The first-order valence-corrected chi connectivity index (χ1v) is 4.39. The zero-order valence-corrected chi connectivity index (χ0v) is 8.17. The van der Waals surface area contributed by atoms with Crippen LogP contribution in [0.2, 0.25) is 0 Å². The maximum atomic E-state index is 10.6. The van der Waals surface area contributed by atoms with Crippen LogP contribution in [0.4, 0.5) is 5.82 Å². The smallest absolute Gasteiger partial charge is 0.343 e. The summed E-state index contributed by atoms with van der Waals surface area (Å²) in [6, 6.07) is -0.0283. The van der Waals surface area contributed by atoms with Gasteiger partial charge in [-0.1, -0.05) is 0 Å². The molecule has 0 atom stereocenters. The molecule has 1 rings (SSSR count). The Morgan fingerprint density at radius 3 is 2.79 bits per heavy atom. The number of nitro groups is 1. The number of aliphatic hydroxyl groups is 1. The van der Waals surface area contributed by atoms with Crippen molar-refractivity contribution >= 4 is 5.82 Å². The molecule has 78 valence electrons. The lowest BCUT2D eigenvalue weighted by Gasteiger charge is -2.06. The zero-order chi connectivity index (χ0) is 10.7. The lowest BCUT2D eigenvalue weighted by Crippen LogP contribution is -2.10. The molecule has 14 heavy (non-hydrogen) atoms. The second-order valence-corrected chi connectivity index (χ2v) is 3.23. The van der Waals surface area contributed by atoms with Crippen molar-refractivity contribution in [3.63, 3.8) is 0 Å². The van der Waals surface area contributed by atoms with E-state index in [1.165, 1.54) is 10.8 Å². The summed E-state index contributed by atoms with van der Waals surface area (Å²) in [6.07, 6.45) is 1.57. The highest BCUT2D eigenvalue weighted by Gasteiger charge is 2.21. The molecule has 0 fully saturated rings. The SMILES string of the molecule is CC(C)n1c([N+](=O)[O-])cnc1CCO. The molecule has 0 spiro atoms. The van der Waals surface area contributed by atoms with Gasteiger partial charge in [0.2, 0.25) is 0 Å². The predicted molar refractivity (Wildman–Crippen MR) is 50.1 cm³/mol. The van der Waals surface area contributed by atoms with Crippen LogP contribution < -0.4 is 0 Å². The molecule has 0 bridgehead atoms. The first-order valence-electron chi connectivity index (χ1n) is 4.39. The van der Waals surface area contributed by atoms with Crippen LogP contribution >= 0.6 is 0 Å². The van der Waals surface area contributed by atoms with Crippen LogP contribution in [0.1, 0.15) is 25.7 Å². The van der Waals surface area contributed by atoms with Gasteiger partial charge in [0.1, 0.15) is 6.20 Å². The van der Waals surface area contributed by atoms with E-state index in [4.69, 9.17) is 5.11 Å². The van der Waals surface area contributed by atoms with Crippen LogP contribution in [-0.2, 0) is 6.42 Å². The van der Waals surface area contributed by atoms with Gasteiger partial charge >= 0.3 is 5.82 Å². The maximum absolute atomic E-state index is 10.6. The second kappa shape index (κ2) is 4.19. The van der Waals surface area contributed by atoms with Crippen LogP contribution in [0.25, 0.3) is 0 Å². The average molecular weight is 199 g/mol. The normalized spacial score (nSPS) is 10.9. The van der Waals surface area contributed by atoms with Crippen molar-refractivity contribution in [2.75, 3.05) is 6.61 Å². The van der Waals surface area contributed by atoms with Crippen molar-refractivity contribution in [1.29, 1.82) is 0 Å². The highest BCUT2D eigenvalue weighted by atomic mass is 16.6. The molecule has 0 saturated heterocycles. The molecular formula is C8H13N3O3. The molecule has 0 aromatic carbocycles. The fraction of sp³-hybridized carbons (Fsp3) is 0.625. The highest BCUT2D eigenvalue weighted by molar-refractivity contribution is 5.20. The molecule has 6 heteroatoms. The molecule has 1 heterocycles. The van der Waals surface area contributed by atoms with Gasteiger partial charge in [-0.3, -0.25) is 0 Å². The summed E-state index contributed by atoms with van der Waals surface area (Å²) in [4.78, 5) is 14.1. The van der Waals surface area contributed by atoms with Gasteiger partial charge in [0.05, 0.1) is 19.1 Å². The molecule has 0 aliphatic heterocycles. The van der Waals surface area contributed by atoms with E-state index in [1.807, 2.05) is 13.8 Å². The van der Waals surface area contributed by atoms with Crippen molar-refractivity contribution in [2.24, 2.45) is 0 Å². The fourth-order valence-corrected chi connectivity index (χ4v) is 1.37. The van der Waals surface area contributed by atoms with Gasteiger partial charge in [0.25, 0.3) is 0 Å². The number of nitrogens with zero attached hydrogens (tertiary/aromatic N) is 3. The van der Waals surface area contributed by atoms with E-state index in [0.717, 1.165) is 0 Å². The average Bonchev–Trinajstić information content (AvgIpc) is 2.48. The van der Waals surface area contributed by atoms with Crippen molar-refractivity contribution in [3.05, 3.63) is 22.1 Å². The van der Waals surface area contributed by atoms with Crippen LogP contribution in [0.15, 0.2) is 6.20 Å². The number of imidazole rings is 1. The molecule has 0 amide bonds. The van der Waals surface area contributed by atoms with Crippen molar-refractivity contribution in [1.82, 2.24) is 9.55 Å². The lowest BCUT2D eigenvalue weighted by molar-refractivity contribution is -0.392. The quantitative estimate of drug-likeness (QED) is 0.577. The van der Waals surface area contributed by atoms with Crippen molar-refractivity contribution < 1.29 is 10.0 Å². The van der Waals surface area contributed by atoms with E-state index in [9.17, 15) is 10.1 Å². The van der Waals surface area contributed by atoms with E-state index >= 15 is 0 Å². The molecule has 6 nitrogen and oxygen atoms in total. The summed E-state index contributed by atoms with van der Waals surface area (Å²) in [5.41, 5.74) is 0. The van der Waals surface area contributed by atoms with Crippen LogP contribution in [0.3, 0.4) is 0 Å². The standard InChI is InChI=1S/C8H13N3O3/c1-6(2)10-7(3-4-12)9-5-8(10)11(13)14/h5-6,12H,3-4H2,1-2H3. The minimum absolute atomic E-state index is 0.0246. The van der Waals surface area contributed by atoms with Crippen LogP contribution in [0, 0.1) is 10.1 Å². The fourth-order valence-electron chi connectivity index (χ4n) is 1.37. The third-order valence-corrected chi connectivity index (χ3v) is 1.89. The zero-order valence-electron chi connectivity index (χ0n) is 8.17. The maximum Gasteiger partial charge on any atom is 0.343 e. The minimum Gasteiger partial charge on any atom is -0.396 e. The first-order chi connectivity index (χ1) is 6.57. The Balaban J connectivity index is 3.13. The molecule has 0 aliphatic rings. The number of hydrogen-bond acceptors (Lipinski definition) is 4. The van der Waals surface area contributed by atoms with E-state index in [-0.39, 0.29) is 18.5 Å². The summed E-state index contributed by atoms with van der Waals surface area (Å²) in [6.45, 7) is 3.63. The topological polar surface area (TPSA) is 81.2 Å². The Kier molecular flexibility index (Phi) is 3.19. The summed E-state index contributed by atoms with van der Waals surface area (Å²) in [5, 5.41) is 19.4. The summed E-state index contributed by atoms with van der Waals surface area (Å²) < 4.78 is 1.52. The molecular weight excluding hydrogens is 186 g/mol. The Hall–Kier alpha value is -1.43. The third kappa shape index (κ3) is 1.90. The van der Waals surface area contributed by atoms with Gasteiger partial charge in [-0.25, -0.2) is 9.55 Å². The van der Waals surface area contributed by atoms with E-state index in [0.29, 0.717) is 12.2 Å². The van der Waals surface area contributed by atoms with E-state index in [1.54, 1.807) is 0 Å². The molecule has 0 unspecified atom stereocenters. The van der Waals surface area contributed by atoms with Gasteiger partial charge < -0.3 is 15.2 Å². The molecule has 1 aromatic rings. The van der Waals surface area contributed by atoms with E-state index < -0.39 is 4.92 Å². The molecule has 0 aliphatic carbocycles. The lowest BCUT2D eigenvalue weighted by atomic mass is 10.3. The second-order valence-electron chi connectivity index (χ2n) is 3.23. The van der Waals surface area contributed by atoms with Crippen molar-refractivity contribution in [3.8, 4) is 0 Å². The highest BCUT2D eigenvalue weighted by Crippen LogP contribution is 2.20. The molecule has 1 aromatic heterocycles.